The maximum atomic E-state index is 12.6. The number of aryl methyl sites for hydroxylation is 1. The van der Waals surface area contributed by atoms with Crippen LogP contribution in [0.25, 0.3) is 0 Å². The van der Waals surface area contributed by atoms with Crippen LogP contribution < -0.4 is 11.1 Å². The number of likely N-dealkylation sites (N-methyl/N-ethyl adjacent to an activating group) is 1. The molecule has 3 N–H and O–H groups in total. The number of halogens is 3. The quantitative estimate of drug-likeness (QED) is 0.851. The summed E-state index contributed by atoms with van der Waals surface area (Å²) in [5, 5.41) is 5.76. The fraction of sp³-hybridized carbons (Fsp3) is 0.545. The number of rotatable bonds is 4. The van der Waals surface area contributed by atoms with Gasteiger partial charge in [-0.2, -0.15) is 13.2 Å². The average molecular weight is 308 g/mol. The van der Waals surface area contributed by atoms with Crippen LogP contribution in [0.15, 0.2) is 10.6 Å². The van der Waals surface area contributed by atoms with Gasteiger partial charge in [-0.1, -0.05) is 5.16 Å². The number of aromatic nitrogens is 1. The van der Waals surface area contributed by atoms with E-state index in [0.29, 0.717) is 17.6 Å². The van der Waals surface area contributed by atoms with Crippen molar-refractivity contribution in [1.82, 2.24) is 10.1 Å². The fourth-order valence-electron chi connectivity index (χ4n) is 1.41. The lowest BCUT2D eigenvalue weighted by Gasteiger charge is -2.30. The van der Waals surface area contributed by atoms with Gasteiger partial charge in [0.05, 0.1) is 6.54 Å². The topological polar surface area (TPSA) is 101 Å². The van der Waals surface area contributed by atoms with Crippen LogP contribution >= 0.6 is 0 Å². The Morgan fingerprint density at radius 1 is 1.48 bits per heavy atom. The first-order chi connectivity index (χ1) is 9.45. The number of amides is 2. The molecule has 10 heteroatoms. The minimum Gasteiger partial charge on any atom is -0.360 e. The third-order valence-corrected chi connectivity index (χ3v) is 2.66. The van der Waals surface area contributed by atoms with Gasteiger partial charge in [0, 0.05) is 13.1 Å². The van der Waals surface area contributed by atoms with Gasteiger partial charge in [-0.25, -0.2) is 0 Å². The summed E-state index contributed by atoms with van der Waals surface area (Å²) < 4.78 is 42.6. The summed E-state index contributed by atoms with van der Waals surface area (Å²) in [5.74, 6) is -1.59. The molecule has 1 unspecified atom stereocenters. The molecule has 0 aliphatic carbocycles. The van der Waals surface area contributed by atoms with Crippen molar-refractivity contribution in [3.63, 3.8) is 0 Å². The molecule has 1 aromatic rings. The van der Waals surface area contributed by atoms with Crippen molar-refractivity contribution < 1.29 is 27.3 Å². The van der Waals surface area contributed by atoms with Crippen molar-refractivity contribution in [1.29, 1.82) is 0 Å². The molecular weight excluding hydrogens is 293 g/mol. The number of hydrogen-bond donors (Lipinski definition) is 2. The minimum atomic E-state index is -4.92. The van der Waals surface area contributed by atoms with Gasteiger partial charge in [0.1, 0.15) is 5.76 Å². The Bertz CT molecular complexity index is 539. The zero-order chi connectivity index (χ0) is 16.4. The molecule has 0 spiro atoms. The van der Waals surface area contributed by atoms with Crippen LogP contribution in [0.1, 0.15) is 12.7 Å². The molecule has 118 valence electrons. The normalized spacial score (nSPS) is 14.4. The van der Waals surface area contributed by atoms with Gasteiger partial charge in [0.2, 0.25) is 5.91 Å². The Morgan fingerprint density at radius 3 is 2.48 bits per heavy atom. The fourth-order valence-corrected chi connectivity index (χ4v) is 1.41. The van der Waals surface area contributed by atoms with Crippen molar-refractivity contribution in [2.45, 2.75) is 25.6 Å². The summed E-state index contributed by atoms with van der Waals surface area (Å²) >= 11 is 0. The highest BCUT2D eigenvalue weighted by atomic mass is 19.4. The maximum Gasteiger partial charge on any atom is 0.415 e. The standard InChI is InChI=1S/C11H15F3N4O3/c1-6-4-7(17-21-6)16-8(19)5-18(3)9(20)10(2,15)11(12,13)14/h4H,5,15H2,1-3H3,(H,16,17,19). The first-order valence-electron chi connectivity index (χ1n) is 5.79. The average Bonchev–Trinajstić information content (AvgIpc) is 2.71. The molecule has 0 fully saturated rings. The smallest absolute Gasteiger partial charge is 0.360 e. The lowest BCUT2D eigenvalue weighted by atomic mass is 10.0. The lowest BCUT2D eigenvalue weighted by molar-refractivity contribution is -0.193. The molecule has 21 heavy (non-hydrogen) atoms. The zero-order valence-corrected chi connectivity index (χ0v) is 11.6. The third-order valence-electron chi connectivity index (χ3n) is 2.66. The second-order valence-corrected chi connectivity index (χ2v) is 4.73. The van der Waals surface area contributed by atoms with Gasteiger partial charge in [0.15, 0.2) is 11.4 Å². The van der Waals surface area contributed by atoms with Gasteiger partial charge in [-0.3, -0.25) is 9.59 Å². The molecule has 1 heterocycles. The number of carbonyl (C=O) groups is 2. The summed E-state index contributed by atoms with van der Waals surface area (Å²) in [6.07, 6.45) is -4.92. The van der Waals surface area contributed by atoms with Crippen LogP contribution in [0.4, 0.5) is 19.0 Å². The summed E-state index contributed by atoms with van der Waals surface area (Å²) in [6.45, 7) is 1.54. The van der Waals surface area contributed by atoms with Crippen molar-refractivity contribution >= 4 is 17.6 Å². The van der Waals surface area contributed by atoms with E-state index < -0.39 is 30.1 Å². The van der Waals surface area contributed by atoms with E-state index in [1.807, 2.05) is 0 Å². The number of alkyl halides is 3. The second kappa shape index (κ2) is 5.72. The van der Waals surface area contributed by atoms with Crippen LogP contribution in [0, 0.1) is 6.92 Å². The molecule has 0 aliphatic rings. The molecule has 1 atom stereocenters. The Kier molecular flexibility index (Phi) is 4.62. The molecule has 1 aromatic heterocycles. The summed E-state index contributed by atoms with van der Waals surface area (Å²) in [6, 6.07) is 1.42. The first kappa shape index (κ1) is 17.0. The Morgan fingerprint density at radius 2 is 2.05 bits per heavy atom. The van der Waals surface area contributed by atoms with Crippen molar-refractivity contribution in [2.75, 3.05) is 18.9 Å². The van der Waals surface area contributed by atoms with E-state index in [4.69, 9.17) is 10.3 Å². The predicted molar refractivity (Wildman–Crippen MR) is 66.2 cm³/mol. The molecule has 7 nitrogen and oxygen atoms in total. The largest absolute Gasteiger partial charge is 0.415 e. The number of nitrogens with one attached hydrogen (secondary N) is 1. The van der Waals surface area contributed by atoms with Gasteiger partial charge in [-0.15, -0.1) is 0 Å². The van der Waals surface area contributed by atoms with Gasteiger partial charge in [-0.05, 0) is 13.8 Å². The highest BCUT2D eigenvalue weighted by Gasteiger charge is 2.55. The third kappa shape index (κ3) is 3.94. The van der Waals surface area contributed by atoms with E-state index >= 15 is 0 Å². The molecule has 2 amide bonds. The van der Waals surface area contributed by atoms with E-state index in [0.717, 1.165) is 7.05 Å². The van der Waals surface area contributed by atoms with E-state index in [1.165, 1.54) is 6.07 Å². The Balaban J connectivity index is 2.66. The van der Waals surface area contributed by atoms with E-state index in [9.17, 15) is 22.8 Å². The Hall–Kier alpha value is -2.10. The molecule has 0 radical (unpaired) electrons. The van der Waals surface area contributed by atoms with Crippen molar-refractivity contribution in [3.8, 4) is 0 Å². The molecular formula is C11H15F3N4O3. The summed E-state index contributed by atoms with van der Waals surface area (Å²) in [7, 11) is 1.05. The monoisotopic (exact) mass is 308 g/mol. The maximum absolute atomic E-state index is 12.6. The number of nitrogens with zero attached hydrogens (tertiary/aromatic N) is 2. The van der Waals surface area contributed by atoms with Crippen molar-refractivity contribution in [3.05, 3.63) is 11.8 Å². The predicted octanol–water partition coefficient (Wildman–Crippen LogP) is 0.660. The summed E-state index contributed by atoms with van der Waals surface area (Å²) in [4.78, 5) is 23.9. The number of carbonyl (C=O) groups excluding carboxylic acids is 2. The van der Waals surface area contributed by atoms with E-state index in [2.05, 4.69) is 10.5 Å². The molecule has 1 rings (SSSR count). The zero-order valence-electron chi connectivity index (χ0n) is 11.6. The highest BCUT2D eigenvalue weighted by molar-refractivity contribution is 5.95. The van der Waals surface area contributed by atoms with Gasteiger partial charge < -0.3 is 20.5 Å². The number of nitrogens with two attached hydrogens (primary N) is 1. The minimum absolute atomic E-state index is 0.102. The molecule has 0 aliphatic heterocycles. The number of anilines is 1. The first-order valence-corrected chi connectivity index (χ1v) is 5.79. The van der Waals surface area contributed by atoms with Gasteiger partial charge >= 0.3 is 6.18 Å². The lowest BCUT2D eigenvalue weighted by Crippen LogP contribution is -2.62. The van der Waals surface area contributed by atoms with Crippen molar-refractivity contribution in [2.24, 2.45) is 5.73 Å². The molecule has 0 bridgehead atoms. The van der Waals surface area contributed by atoms with Crippen LogP contribution in [-0.4, -0.2) is 47.2 Å². The molecule has 0 saturated carbocycles. The van der Waals surface area contributed by atoms with Crippen LogP contribution in [0.2, 0.25) is 0 Å². The van der Waals surface area contributed by atoms with E-state index in [-0.39, 0.29) is 5.82 Å². The summed E-state index contributed by atoms with van der Waals surface area (Å²) in [5.41, 5.74) is 1.93. The van der Waals surface area contributed by atoms with Crippen LogP contribution in [0.5, 0.6) is 0 Å². The van der Waals surface area contributed by atoms with Crippen LogP contribution in [0.3, 0.4) is 0 Å². The second-order valence-electron chi connectivity index (χ2n) is 4.73. The van der Waals surface area contributed by atoms with E-state index in [1.54, 1.807) is 6.92 Å². The SMILES string of the molecule is Cc1cc(NC(=O)CN(C)C(=O)C(C)(N)C(F)(F)F)no1. The van der Waals surface area contributed by atoms with Crippen LogP contribution in [-0.2, 0) is 9.59 Å². The number of hydrogen-bond acceptors (Lipinski definition) is 5. The Labute approximate surface area is 118 Å². The van der Waals surface area contributed by atoms with Gasteiger partial charge in [0.25, 0.3) is 5.91 Å². The molecule has 0 saturated heterocycles. The highest BCUT2D eigenvalue weighted by Crippen LogP contribution is 2.29. The molecule has 0 aromatic carbocycles.